The molecular formula is C27H22BrFN2O4S2. The quantitative estimate of drug-likeness (QED) is 0.242. The molecule has 6 nitrogen and oxygen atoms in total. The van der Waals surface area contributed by atoms with Crippen molar-refractivity contribution in [3.8, 4) is 11.5 Å². The van der Waals surface area contributed by atoms with Crippen molar-refractivity contribution in [2.45, 2.75) is 13.8 Å². The molecule has 1 N–H and O–H groups in total. The minimum Gasteiger partial charge on any atom is -0.493 e. The molecule has 1 saturated heterocycles. The van der Waals surface area contributed by atoms with E-state index in [9.17, 15) is 14.0 Å². The SMILES string of the molecule is COc1cc(/C=C2\SC(=S)N(c3cccc(F)c3)C2=O)ccc1OCC(=O)Nc1ccc(Br)c(C)c1C. The molecule has 2 amide bonds. The first-order chi connectivity index (χ1) is 17.7. The largest absolute Gasteiger partial charge is 0.493 e. The zero-order valence-electron chi connectivity index (χ0n) is 20.1. The summed E-state index contributed by atoms with van der Waals surface area (Å²) in [4.78, 5) is 27.2. The van der Waals surface area contributed by atoms with E-state index < -0.39 is 5.82 Å². The minimum absolute atomic E-state index is 0.212. The van der Waals surface area contributed by atoms with Crippen LogP contribution in [0.15, 0.2) is 64.0 Å². The molecule has 37 heavy (non-hydrogen) atoms. The average Bonchev–Trinajstić information content (AvgIpc) is 3.15. The first-order valence-corrected chi connectivity index (χ1v) is 13.1. The zero-order valence-corrected chi connectivity index (χ0v) is 23.4. The Kier molecular flexibility index (Phi) is 8.31. The highest BCUT2D eigenvalue weighted by Crippen LogP contribution is 2.37. The van der Waals surface area contributed by atoms with Crippen molar-refractivity contribution >= 4 is 73.5 Å². The van der Waals surface area contributed by atoms with E-state index >= 15 is 0 Å². The number of amides is 2. The summed E-state index contributed by atoms with van der Waals surface area (Å²) in [5.41, 5.74) is 3.77. The Morgan fingerprint density at radius 3 is 2.65 bits per heavy atom. The van der Waals surface area contributed by atoms with Gasteiger partial charge >= 0.3 is 0 Å². The number of anilines is 2. The summed E-state index contributed by atoms with van der Waals surface area (Å²) in [6.45, 7) is 3.69. The molecule has 3 aromatic carbocycles. The van der Waals surface area contributed by atoms with E-state index in [1.165, 1.54) is 30.2 Å². The summed E-state index contributed by atoms with van der Waals surface area (Å²) in [7, 11) is 1.49. The number of nitrogens with one attached hydrogen (secondary N) is 1. The lowest BCUT2D eigenvalue weighted by Crippen LogP contribution is -2.27. The number of hydrogen-bond donors (Lipinski definition) is 1. The summed E-state index contributed by atoms with van der Waals surface area (Å²) in [5.74, 6) is -0.317. The smallest absolute Gasteiger partial charge is 0.270 e. The van der Waals surface area contributed by atoms with Gasteiger partial charge in [-0.1, -0.05) is 52.0 Å². The van der Waals surface area contributed by atoms with Gasteiger partial charge in [-0.05, 0) is 79.1 Å². The van der Waals surface area contributed by atoms with Crippen LogP contribution in [0.25, 0.3) is 6.08 Å². The topological polar surface area (TPSA) is 67.9 Å². The lowest BCUT2D eigenvalue weighted by atomic mass is 10.1. The third-order valence-corrected chi connectivity index (χ3v) is 7.86. The Balaban J connectivity index is 1.46. The molecule has 10 heteroatoms. The highest BCUT2D eigenvalue weighted by molar-refractivity contribution is 9.10. The fraction of sp³-hybridized carbons (Fsp3) is 0.148. The normalized spacial score (nSPS) is 14.3. The maximum absolute atomic E-state index is 13.7. The molecule has 0 saturated carbocycles. The summed E-state index contributed by atoms with van der Waals surface area (Å²) in [6, 6.07) is 14.5. The third kappa shape index (κ3) is 6.03. The first kappa shape index (κ1) is 26.8. The van der Waals surface area contributed by atoms with Gasteiger partial charge in [-0.25, -0.2) is 4.39 Å². The second-order valence-electron chi connectivity index (χ2n) is 8.09. The van der Waals surface area contributed by atoms with Crippen LogP contribution in [0.3, 0.4) is 0 Å². The Morgan fingerprint density at radius 2 is 1.92 bits per heavy atom. The van der Waals surface area contributed by atoms with Crippen molar-refractivity contribution < 1.29 is 23.5 Å². The van der Waals surface area contributed by atoms with Crippen molar-refractivity contribution in [3.05, 3.63) is 86.5 Å². The Morgan fingerprint density at radius 1 is 1.14 bits per heavy atom. The van der Waals surface area contributed by atoms with Gasteiger partial charge in [-0.15, -0.1) is 0 Å². The summed E-state index contributed by atoms with van der Waals surface area (Å²) in [6.07, 6.45) is 1.68. The van der Waals surface area contributed by atoms with Gasteiger partial charge in [-0.2, -0.15) is 0 Å². The standard InChI is InChI=1S/C27H22BrFN2O4S2/c1-15-16(2)21(9-8-20(15)28)30-25(32)14-35-22-10-7-17(11-23(22)34-3)12-24-26(33)31(27(36)37-24)19-6-4-5-18(29)13-19/h4-13H,14H2,1-3H3,(H,30,32)/b24-12-. The molecule has 1 aliphatic rings. The van der Waals surface area contributed by atoms with Gasteiger partial charge in [-0.3, -0.25) is 14.5 Å². The molecule has 4 rings (SSSR count). The second-order valence-corrected chi connectivity index (χ2v) is 10.6. The molecule has 1 aliphatic heterocycles. The van der Waals surface area contributed by atoms with Crippen molar-refractivity contribution in [1.29, 1.82) is 0 Å². The molecular weight excluding hydrogens is 579 g/mol. The van der Waals surface area contributed by atoms with Crippen molar-refractivity contribution in [2.75, 3.05) is 23.9 Å². The molecule has 0 aromatic heterocycles. The van der Waals surface area contributed by atoms with Gasteiger partial charge in [0.05, 0.1) is 17.7 Å². The number of ether oxygens (including phenoxy) is 2. The number of thiocarbonyl (C=S) groups is 1. The van der Waals surface area contributed by atoms with Gasteiger partial charge in [0, 0.05) is 10.2 Å². The van der Waals surface area contributed by atoms with Gasteiger partial charge < -0.3 is 14.8 Å². The Labute approximate surface area is 232 Å². The van der Waals surface area contributed by atoms with E-state index in [1.54, 1.807) is 30.3 Å². The third-order valence-electron chi connectivity index (χ3n) is 5.70. The van der Waals surface area contributed by atoms with Crippen molar-refractivity contribution in [3.63, 3.8) is 0 Å². The van der Waals surface area contributed by atoms with Gasteiger partial charge in [0.1, 0.15) is 5.82 Å². The van der Waals surface area contributed by atoms with Crippen LogP contribution in [0.4, 0.5) is 15.8 Å². The van der Waals surface area contributed by atoms with E-state index in [0.29, 0.717) is 37.7 Å². The molecule has 1 fully saturated rings. The minimum atomic E-state index is -0.452. The Bertz CT molecular complexity index is 1440. The number of carbonyl (C=O) groups excluding carboxylic acids is 2. The predicted molar refractivity (Wildman–Crippen MR) is 153 cm³/mol. The van der Waals surface area contributed by atoms with Gasteiger partial charge in [0.2, 0.25) is 0 Å². The highest BCUT2D eigenvalue weighted by atomic mass is 79.9. The highest BCUT2D eigenvalue weighted by Gasteiger charge is 2.33. The van der Waals surface area contributed by atoms with E-state index in [-0.39, 0.29) is 18.4 Å². The summed E-state index contributed by atoms with van der Waals surface area (Å²) >= 11 is 9.97. The second kappa shape index (κ2) is 11.5. The van der Waals surface area contributed by atoms with E-state index in [0.717, 1.165) is 27.4 Å². The number of carbonyl (C=O) groups is 2. The molecule has 0 bridgehead atoms. The van der Waals surface area contributed by atoms with E-state index in [2.05, 4.69) is 21.2 Å². The van der Waals surface area contributed by atoms with Crippen LogP contribution in [0.2, 0.25) is 0 Å². The number of methoxy groups -OCH3 is 1. The molecule has 0 atom stereocenters. The molecule has 0 spiro atoms. The molecule has 1 heterocycles. The first-order valence-electron chi connectivity index (χ1n) is 11.1. The fourth-order valence-corrected chi connectivity index (χ4v) is 5.33. The van der Waals surface area contributed by atoms with Crippen molar-refractivity contribution in [2.24, 2.45) is 0 Å². The lowest BCUT2D eigenvalue weighted by molar-refractivity contribution is -0.118. The molecule has 190 valence electrons. The van der Waals surface area contributed by atoms with Crippen LogP contribution >= 0.6 is 39.9 Å². The number of hydrogen-bond acceptors (Lipinski definition) is 6. The number of benzene rings is 3. The van der Waals surface area contributed by atoms with E-state index in [1.807, 2.05) is 26.0 Å². The van der Waals surface area contributed by atoms with Crippen LogP contribution in [0.1, 0.15) is 16.7 Å². The van der Waals surface area contributed by atoms with Crippen LogP contribution in [0.5, 0.6) is 11.5 Å². The maximum Gasteiger partial charge on any atom is 0.270 e. The predicted octanol–water partition coefficient (Wildman–Crippen LogP) is 6.64. The average molecular weight is 602 g/mol. The number of halogens is 2. The van der Waals surface area contributed by atoms with Crippen LogP contribution in [-0.2, 0) is 9.59 Å². The summed E-state index contributed by atoms with van der Waals surface area (Å²) in [5, 5.41) is 2.86. The number of nitrogens with zero attached hydrogens (tertiary/aromatic N) is 1. The molecule has 0 radical (unpaired) electrons. The number of thioether (sulfide) groups is 1. The molecule has 0 unspecified atom stereocenters. The molecule has 3 aromatic rings. The maximum atomic E-state index is 13.7. The summed E-state index contributed by atoms with van der Waals surface area (Å²) < 4.78 is 26.1. The van der Waals surface area contributed by atoms with Gasteiger partial charge in [0.25, 0.3) is 11.8 Å². The van der Waals surface area contributed by atoms with Gasteiger partial charge in [0.15, 0.2) is 22.4 Å². The zero-order chi connectivity index (χ0) is 26.7. The van der Waals surface area contributed by atoms with E-state index in [4.69, 9.17) is 21.7 Å². The van der Waals surface area contributed by atoms with Crippen molar-refractivity contribution in [1.82, 2.24) is 0 Å². The monoisotopic (exact) mass is 600 g/mol. The van der Waals surface area contributed by atoms with Crippen LogP contribution in [0, 0.1) is 19.7 Å². The molecule has 0 aliphatic carbocycles. The van der Waals surface area contributed by atoms with Crippen LogP contribution < -0.4 is 19.7 Å². The fourth-order valence-electron chi connectivity index (χ4n) is 3.60. The lowest BCUT2D eigenvalue weighted by Gasteiger charge is -2.14. The number of rotatable bonds is 7. The van der Waals surface area contributed by atoms with Crippen LogP contribution in [-0.4, -0.2) is 29.9 Å². The Hall–Kier alpha value is -3.21.